The van der Waals surface area contributed by atoms with Gasteiger partial charge in [-0.05, 0) is 18.4 Å². The van der Waals surface area contributed by atoms with Crippen molar-refractivity contribution in [3.63, 3.8) is 0 Å². The van der Waals surface area contributed by atoms with Crippen LogP contribution >= 0.6 is 0 Å². The Labute approximate surface area is 127 Å². The molecule has 0 atom stereocenters. The number of amides is 1. The molecule has 0 saturated carbocycles. The van der Waals surface area contributed by atoms with E-state index in [1.807, 2.05) is 6.07 Å². The van der Waals surface area contributed by atoms with Crippen LogP contribution in [-0.4, -0.2) is 24.5 Å². The van der Waals surface area contributed by atoms with Crippen molar-refractivity contribution in [2.45, 2.75) is 46.1 Å². The van der Waals surface area contributed by atoms with Crippen molar-refractivity contribution in [3.05, 3.63) is 23.9 Å². The summed E-state index contributed by atoms with van der Waals surface area (Å²) in [6.07, 6.45) is 5.26. The first kappa shape index (κ1) is 17.4. The molecule has 118 valence electrons. The first-order chi connectivity index (χ1) is 10.1. The molecule has 0 unspecified atom stereocenters. The van der Waals surface area contributed by atoms with Crippen molar-refractivity contribution in [1.82, 2.24) is 10.3 Å². The minimum absolute atomic E-state index is 0.0459. The fourth-order valence-corrected chi connectivity index (χ4v) is 2.61. The molecule has 0 fully saturated rings. The Kier molecular flexibility index (Phi) is 7.15. The molecule has 1 amide bonds. The third-order valence-corrected chi connectivity index (χ3v) is 3.79. The molecule has 21 heavy (non-hydrogen) atoms. The first-order valence-corrected chi connectivity index (χ1v) is 7.59. The van der Waals surface area contributed by atoms with Gasteiger partial charge < -0.3 is 15.8 Å². The smallest absolute Gasteiger partial charge is 0.227 e. The number of carbonyl (C=O) groups is 1. The normalized spacial score (nSPS) is 11.2. The summed E-state index contributed by atoms with van der Waals surface area (Å²) in [6, 6.07) is 3.69. The summed E-state index contributed by atoms with van der Waals surface area (Å²) in [7, 11) is 1.58. The number of carbonyl (C=O) groups excluding carboxylic acids is 1. The third kappa shape index (κ3) is 4.70. The number of hydrogen-bond donors (Lipinski definition) is 2. The second-order valence-electron chi connectivity index (χ2n) is 5.38. The minimum Gasteiger partial charge on any atom is -0.481 e. The van der Waals surface area contributed by atoms with Crippen molar-refractivity contribution in [2.24, 2.45) is 11.1 Å². The Morgan fingerprint density at radius 1 is 1.33 bits per heavy atom. The lowest BCUT2D eigenvalue weighted by molar-refractivity contribution is -0.131. The lowest BCUT2D eigenvalue weighted by Gasteiger charge is -2.30. The average molecular weight is 293 g/mol. The van der Waals surface area contributed by atoms with E-state index in [2.05, 4.69) is 24.1 Å². The van der Waals surface area contributed by atoms with Gasteiger partial charge in [0.1, 0.15) is 0 Å². The summed E-state index contributed by atoms with van der Waals surface area (Å²) in [4.78, 5) is 16.7. The molecular formula is C16H27N3O2. The van der Waals surface area contributed by atoms with Crippen LogP contribution in [0.2, 0.25) is 0 Å². The van der Waals surface area contributed by atoms with Crippen LogP contribution in [0.5, 0.6) is 5.88 Å². The molecule has 0 aliphatic carbocycles. The van der Waals surface area contributed by atoms with E-state index in [9.17, 15) is 4.79 Å². The van der Waals surface area contributed by atoms with E-state index in [0.717, 1.165) is 31.2 Å². The van der Waals surface area contributed by atoms with Gasteiger partial charge >= 0.3 is 0 Å². The van der Waals surface area contributed by atoms with E-state index >= 15 is 0 Å². The summed E-state index contributed by atoms with van der Waals surface area (Å²) in [5, 5.41) is 3.00. The number of rotatable bonds is 9. The van der Waals surface area contributed by atoms with E-state index < -0.39 is 5.41 Å². The molecule has 5 heteroatoms. The third-order valence-electron chi connectivity index (χ3n) is 3.79. The summed E-state index contributed by atoms with van der Waals surface area (Å²) < 4.78 is 5.02. The van der Waals surface area contributed by atoms with Gasteiger partial charge in [-0.15, -0.1) is 0 Å². The lowest BCUT2D eigenvalue weighted by atomic mass is 9.78. The highest BCUT2D eigenvalue weighted by atomic mass is 16.5. The van der Waals surface area contributed by atoms with Gasteiger partial charge in [0.05, 0.1) is 12.5 Å². The fourth-order valence-electron chi connectivity index (χ4n) is 2.61. The molecule has 0 aliphatic heterocycles. The predicted molar refractivity (Wildman–Crippen MR) is 83.9 cm³/mol. The zero-order chi connectivity index (χ0) is 15.7. The lowest BCUT2D eigenvalue weighted by Crippen LogP contribution is -2.45. The van der Waals surface area contributed by atoms with E-state index in [-0.39, 0.29) is 5.91 Å². The number of nitrogens with two attached hydrogens (primary N) is 1. The van der Waals surface area contributed by atoms with Gasteiger partial charge in [0.15, 0.2) is 0 Å². The molecule has 0 spiro atoms. The van der Waals surface area contributed by atoms with Crippen LogP contribution in [0.4, 0.5) is 0 Å². The van der Waals surface area contributed by atoms with Crippen LogP contribution in [0.15, 0.2) is 18.3 Å². The van der Waals surface area contributed by atoms with Gasteiger partial charge in [0, 0.05) is 25.4 Å². The van der Waals surface area contributed by atoms with Gasteiger partial charge in [0.25, 0.3) is 0 Å². The van der Waals surface area contributed by atoms with Crippen molar-refractivity contribution >= 4 is 5.91 Å². The van der Waals surface area contributed by atoms with Gasteiger partial charge in [0.2, 0.25) is 11.8 Å². The highest BCUT2D eigenvalue weighted by Crippen LogP contribution is 2.29. The SMILES string of the molecule is CCCC(CN)(CCC)C(=O)NCc1ccc(OC)nc1. The molecule has 1 aromatic heterocycles. The minimum atomic E-state index is -0.441. The van der Waals surface area contributed by atoms with Gasteiger partial charge in [-0.2, -0.15) is 0 Å². The Bertz CT molecular complexity index is 426. The monoisotopic (exact) mass is 293 g/mol. The Morgan fingerprint density at radius 2 is 2.00 bits per heavy atom. The van der Waals surface area contributed by atoms with Crippen molar-refractivity contribution in [3.8, 4) is 5.88 Å². The van der Waals surface area contributed by atoms with E-state index in [1.54, 1.807) is 19.4 Å². The maximum absolute atomic E-state index is 12.5. The molecule has 0 radical (unpaired) electrons. The fraction of sp³-hybridized carbons (Fsp3) is 0.625. The predicted octanol–water partition coefficient (Wildman–Crippen LogP) is 2.25. The topological polar surface area (TPSA) is 77.2 Å². The quantitative estimate of drug-likeness (QED) is 0.732. The largest absolute Gasteiger partial charge is 0.481 e. The standard InChI is InChI=1S/C16H27N3O2/c1-4-8-16(12-17,9-5-2)15(20)19-11-13-6-7-14(21-3)18-10-13/h6-7,10H,4-5,8-9,11-12,17H2,1-3H3,(H,19,20). The van der Waals surface area contributed by atoms with Crippen LogP contribution in [0.1, 0.15) is 45.1 Å². The Hall–Kier alpha value is -1.62. The Morgan fingerprint density at radius 3 is 2.43 bits per heavy atom. The number of aromatic nitrogens is 1. The molecule has 3 N–H and O–H groups in total. The number of nitrogens with one attached hydrogen (secondary N) is 1. The second kappa shape index (κ2) is 8.62. The second-order valence-corrected chi connectivity index (χ2v) is 5.38. The molecule has 0 saturated heterocycles. The summed E-state index contributed by atoms with van der Waals surface area (Å²) in [5.41, 5.74) is 6.40. The molecule has 1 aromatic rings. The average Bonchev–Trinajstić information content (AvgIpc) is 2.52. The van der Waals surface area contributed by atoms with Gasteiger partial charge in [-0.25, -0.2) is 4.98 Å². The van der Waals surface area contributed by atoms with Crippen LogP contribution in [0, 0.1) is 5.41 Å². The zero-order valence-electron chi connectivity index (χ0n) is 13.3. The number of nitrogens with zero attached hydrogens (tertiary/aromatic N) is 1. The number of methoxy groups -OCH3 is 1. The molecule has 1 rings (SSSR count). The zero-order valence-corrected chi connectivity index (χ0v) is 13.3. The van der Waals surface area contributed by atoms with E-state index in [0.29, 0.717) is 19.0 Å². The van der Waals surface area contributed by atoms with Crippen molar-refractivity contribution < 1.29 is 9.53 Å². The molecule has 0 aromatic carbocycles. The van der Waals surface area contributed by atoms with E-state index in [1.165, 1.54) is 0 Å². The van der Waals surface area contributed by atoms with Gasteiger partial charge in [-0.1, -0.05) is 32.8 Å². The van der Waals surface area contributed by atoms with Crippen molar-refractivity contribution in [1.29, 1.82) is 0 Å². The number of ether oxygens (including phenoxy) is 1. The molecule has 1 heterocycles. The molecular weight excluding hydrogens is 266 g/mol. The van der Waals surface area contributed by atoms with Crippen LogP contribution in [-0.2, 0) is 11.3 Å². The molecule has 0 bridgehead atoms. The summed E-state index contributed by atoms with van der Waals surface area (Å²) in [6.45, 7) is 5.02. The van der Waals surface area contributed by atoms with Crippen LogP contribution < -0.4 is 15.8 Å². The van der Waals surface area contributed by atoms with Gasteiger partial charge in [-0.3, -0.25) is 4.79 Å². The molecule has 5 nitrogen and oxygen atoms in total. The first-order valence-electron chi connectivity index (χ1n) is 7.59. The van der Waals surface area contributed by atoms with Crippen LogP contribution in [0.3, 0.4) is 0 Å². The molecule has 0 aliphatic rings. The maximum Gasteiger partial charge on any atom is 0.227 e. The maximum atomic E-state index is 12.5. The highest BCUT2D eigenvalue weighted by Gasteiger charge is 2.34. The Balaban J connectivity index is 2.67. The highest BCUT2D eigenvalue weighted by molar-refractivity contribution is 5.82. The van der Waals surface area contributed by atoms with Crippen molar-refractivity contribution in [2.75, 3.05) is 13.7 Å². The van der Waals surface area contributed by atoms with Crippen LogP contribution in [0.25, 0.3) is 0 Å². The number of pyridine rings is 1. The van der Waals surface area contributed by atoms with E-state index in [4.69, 9.17) is 10.5 Å². The number of hydrogen-bond acceptors (Lipinski definition) is 4. The summed E-state index contributed by atoms with van der Waals surface area (Å²) >= 11 is 0. The summed E-state index contributed by atoms with van der Waals surface area (Å²) in [5.74, 6) is 0.614.